The fraction of sp³-hybridized carbons (Fsp3) is 0.368. The number of methoxy groups -OCH3 is 1. The molecule has 10 aromatic carbocycles. The molecule has 6 fully saturated rings. The molecule has 22 atom stereocenters. The van der Waals surface area contributed by atoms with Crippen LogP contribution in [-0.2, 0) is 148 Å². The van der Waals surface area contributed by atoms with Crippen LogP contribution in [0.15, 0.2) is 303 Å². The third kappa shape index (κ3) is 21.1. The standard InChI is InChI=1S/C95H100O21/c1-97-92-87(103-57-69-42-22-7-23-43-69)84(101-55-67-38-18-5-19-39-67)80(74(108-92)60-98-52-64-32-12-2-13-33-64)115-95-89(105-59-71-46-26-9-27-47-71)86(82-77(111-95)63-107-91(113-82)73-50-30-11-31-51-73)116-94-88(104-58-70-44-24-8-25-45-70)85(102-56-68-40-20-6-21-41-68)81(75(109-94)61-99-53-65-34-14-3-15-35-65)114-93-83(100-54-66-36-16-4-17-37-66)78(96)79-76(110-93)62-106-90(112-79)72-48-28-10-29-49-72/h2-51,74-96H,52-63H2,1H3/t74-,75-,76-,77-,78+,79-,80-,81-,82-,83+,84+,85+,86+,87+,88+,89+,90?,91?,92-,93+,94+,95+/m1/s1. The molecular weight excluding hydrogens is 1480 g/mol. The third-order valence-electron chi connectivity index (χ3n) is 21.5. The quantitative estimate of drug-likeness (QED) is 0.0392. The summed E-state index contributed by atoms with van der Waals surface area (Å²) < 4.78 is 143. The van der Waals surface area contributed by atoms with E-state index in [-0.39, 0.29) is 79.3 Å². The average Bonchev–Trinajstić information content (AvgIpc) is 0.754. The Morgan fingerprint density at radius 1 is 0.267 bits per heavy atom. The molecule has 6 aliphatic heterocycles. The lowest BCUT2D eigenvalue weighted by molar-refractivity contribution is -0.421. The summed E-state index contributed by atoms with van der Waals surface area (Å²) in [4.78, 5) is 0. The number of aliphatic hydroxyl groups excluding tert-OH is 1. The minimum atomic E-state index is -1.40. The zero-order valence-electron chi connectivity index (χ0n) is 64.7. The monoisotopic (exact) mass is 1580 g/mol. The Morgan fingerprint density at radius 2 is 0.534 bits per heavy atom. The summed E-state index contributed by atoms with van der Waals surface area (Å²) in [6, 6.07) is 98.3. The van der Waals surface area contributed by atoms with Gasteiger partial charge >= 0.3 is 0 Å². The Balaban J connectivity index is 0.813. The molecule has 6 heterocycles. The highest BCUT2D eigenvalue weighted by atomic mass is 16.8. The molecule has 6 saturated heterocycles. The maximum Gasteiger partial charge on any atom is 0.187 e. The van der Waals surface area contributed by atoms with Gasteiger partial charge in [-0.1, -0.05) is 303 Å². The maximum absolute atomic E-state index is 13.0. The van der Waals surface area contributed by atoms with Crippen molar-refractivity contribution in [2.45, 2.75) is 188 Å². The molecule has 1 N–H and O–H groups in total. The van der Waals surface area contributed by atoms with Crippen LogP contribution in [0.3, 0.4) is 0 Å². The molecule has 16 rings (SSSR count). The Labute approximate surface area is 677 Å². The molecule has 0 saturated carbocycles. The molecular formula is C95H100O21. The molecule has 0 bridgehead atoms. The zero-order valence-corrected chi connectivity index (χ0v) is 64.7. The molecule has 0 radical (unpaired) electrons. The highest BCUT2D eigenvalue weighted by Crippen LogP contribution is 2.44. The third-order valence-corrected chi connectivity index (χ3v) is 21.5. The van der Waals surface area contributed by atoms with E-state index in [4.69, 9.17) is 94.7 Å². The van der Waals surface area contributed by atoms with Crippen LogP contribution in [0.5, 0.6) is 0 Å². The highest BCUT2D eigenvalue weighted by Gasteiger charge is 2.60. The zero-order chi connectivity index (χ0) is 78.5. The maximum atomic E-state index is 13.0. The van der Waals surface area contributed by atoms with Gasteiger partial charge in [0.1, 0.15) is 97.7 Å². The number of hydrogen-bond donors (Lipinski definition) is 1. The number of benzene rings is 10. The molecule has 0 aromatic heterocycles. The number of ether oxygens (including phenoxy) is 20. The van der Waals surface area contributed by atoms with E-state index in [1.807, 2.05) is 303 Å². The topological polar surface area (TPSA) is 205 Å². The summed E-state index contributed by atoms with van der Waals surface area (Å²) in [6.45, 7) is 0.928. The van der Waals surface area contributed by atoms with Gasteiger partial charge in [-0.3, -0.25) is 0 Å². The summed E-state index contributed by atoms with van der Waals surface area (Å²) in [7, 11) is 1.59. The molecule has 2 unspecified atom stereocenters. The SMILES string of the molecule is CO[C@@H]1O[C@H](COCc2ccccc2)[C@@H](O[C@@H]2O[C@@H]3COC(c4ccccc4)O[C@H]3[C@H](O[C@@H]3O[C@H](COCc4ccccc4)[C@@H](O[C@@H]4O[C@@H]5COC(c6ccccc6)O[C@H]5[C@H](O)[C@@H]4OCc4ccccc4)[C@H](OCc4ccccc4)[C@@H]3OCc3ccccc3)[C@@H]2OCc2ccccc2)[C@H](OCc2ccccc2)[C@@H]1OCc1ccccc1. The van der Waals surface area contributed by atoms with Crippen molar-refractivity contribution in [3.63, 3.8) is 0 Å². The van der Waals surface area contributed by atoms with Crippen molar-refractivity contribution in [3.8, 4) is 0 Å². The number of aliphatic hydroxyl groups is 1. The molecule has 6 aliphatic rings. The number of rotatable bonds is 35. The van der Waals surface area contributed by atoms with Crippen LogP contribution in [0.2, 0.25) is 0 Å². The summed E-state index contributed by atoms with van der Waals surface area (Å²) in [5, 5.41) is 13.0. The molecule has 0 amide bonds. The van der Waals surface area contributed by atoms with Gasteiger partial charge in [0, 0.05) is 18.2 Å². The van der Waals surface area contributed by atoms with Crippen molar-refractivity contribution >= 4 is 0 Å². The first-order valence-electron chi connectivity index (χ1n) is 40.0. The van der Waals surface area contributed by atoms with Crippen molar-refractivity contribution in [2.24, 2.45) is 0 Å². The van der Waals surface area contributed by atoms with E-state index in [9.17, 15) is 5.11 Å². The summed E-state index contributed by atoms with van der Waals surface area (Å²) >= 11 is 0. The highest BCUT2D eigenvalue weighted by molar-refractivity contribution is 5.23. The Hall–Kier alpha value is -8.64. The first-order chi connectivity index (χ1) is 57.4. The second-order valence-electron chi connectivity index (χ2n) is 29.6. The predicted molar refractivity (Wildman–Crippen MR) is 425 cm³/mol. The molecule has 116 heavy (non-hydrogen) atoms. The van der Waals surface area contributed by atoms with Gasteiger partial charge in [-0.05, 0) is 44.5 Å². The van der Waals surface area contributed by atoms with E-state index in [1.54, 1.807) is 7.11 Å². The molecule has 21 heteroatoms. The van der Waals surface area contributed by atoms with Gasteiger partial charge in [-0.2, -0.15) is 0 Å². The van der Waals surface area contributed by atoms with E-state index in [2.05, 4.69) is 0 Å². The van der Waals surface area contributed by atoms with Gasteiger partial charge in [-0.25, -0.2) is 0 Å². The summed E-state index contributed by atoms with van der Waals surface area (Å²) in [5.74, 6) is 0. The van der Waals surface area contributed by atoms with Crippen molar-refractivity contribution < 1.29 is 99.8 Å². The Kier molecular flexibility index (Phi) is 28.8. The van der Waals surface area contributed by atoms with E-state index < -0.39 is 135 Å². The van der Waals surface area contributed by atoms with Crippen LogP contribution in [0, 0.1) is 0 Å². The lowest BCUT2D eigenvalue weighted by Gasteiger charge is -2.53. The van der Waals surface area contributed by atoms with Gasteiger partial charge in [0.2, 0.25) is 0 Å². The van der Waals surface area contributed by atoms with Crippen molar-refractivity contribution in [2.75, 3.05) is 33.5 Å². The Bertz CT molecular complexity index is 4450. The fourth-order valence-corrected chi connectivity index (χ4v) is 15.6. The lowest BCUT2D eigenvalue weighted by Crippen LogP contribution is -2.69. The van der Waals surface area contributed by atoms with E-state index in [1.165, 1.54) is 0 Å². The minimum absolute atomic E-state index is 0.00234. The second-order valence-corrected chi connectivity index (χ2v) is 29.6. The van der Waals surface area contributed by atoms with Crippen LogP contribution >= 0.6 is 0 Å². The van der Waals surface area contributed by atoms with Crippen molar-refractivity contribution in [3.05, 3.63) is 359 Å². The van der Waals surface area contributed by atoms with Gasteiger partial charge in [-0.15, -0.1) is 0 Å². The summed E-state index contributed by atoms with van der Waals surface area (Å²) in [5.41, 5.74) is 8.62. The first kappa shape index (κ1) is 81.1. The van der Waals surface area contributed by atoms with Crippen LogP contribution in [0.1, 0.15) is 68.2 Å². The van der Waals surface area contributed by atoms with E-state index >= 15 is 0 Å². The van der Waals surface area contributed by atoms with Crippen molar-refractivity contribution in [1.29, 1.82) is 0 Å². The van der Waals surface area contributed by atoms with Crippen molar-refractivity contribution in [1.82, 2.24) is 0 Å². The van der Waals surface area contributed by atoms with Gasteiger partial charge < -0.3 is 99.8 Å². The minimum Gasteiger partial charge on any atom is -0.387 e. The molecule has 0 spiro atoms. The normalized spacial score (nSPS) is 29.9. The van der Waals surface area contributed by atoms with Gasteiger partial charge in [0.15, 0.2) is 37.7 Å². The smallest absolute Gasteiger partial charge is 0.187 e. The van der Waals surface area contributed by atoms with E-state index in [0.717, 1.165) is 55.6 Å². The van der Waals surface area contributed by atoms with Gasteiger partial charge in [0.25, 0.3) is 0 Å². The first-order valence-corrected chi connectivity index (χ1v) is 40.0. The fourth-order valence-electron chi connectivity index (χ4n) is 15.6. The largest absolute Gasteiger partial charge is 0.387 e. The van der Waals surface area contributed by atoms with Gasteiger partial charge in [0.05, 0.1) is 79.3 Å². The molecule has 10 aromatic rings. The van der Waals surface area contributed by atoms with E-state index in [0.29, 0.717) is 0 Å². The molecule has 606 valence electrons. The number of fused-ring (bicyclic) bond motifs is 2. The second kappa shape index (κ2) is 41.2. The predicted octanol–water partition coefficient (Wildman–Crippen LogP) is 14.2. The van der Waals surface area contributed by atoms with Crippen LogP contribution in [0.4, 0.5) is 0 Å². The Morgan fingerprint density at radius 3 is 0.897 bits per heavy atom. The lowest BCUT2D eigenvalue weighted by atomic mass is 9.94. The number of hydrogen-bond acceptors (Lipinski definition) is 21. The summed E-state index contributed by atoms with van der Waals surface area (Å²) in [6.07, 6.45) is -23.7. The van der Waals surface area contributed by atoms with Crippen LogP contribution in [-0.4, -0.2) is 161 Å². The van der Waals surface area contributed by atoms with Crippen LogP contribution in [0.25, 0.3) is 0 Å². The molecule has 21 nitrogen and oxygen atoms in total. The molecule has 0 aliphatic carbocycles. The average molecular weight is 1580 g/mol. The van der Waals surface area contributed by atoms with Crippen LogP contribution < -0.4 is 0 Å².